The lowest BCUT2D eigenvalue weighted by Crippen LogP contribution is -1.63. The molecule has 0 unspecified atom stereocenters. The molecule has 1 aromatic carbocycles. The largest absolute Gasteiger partial charge is 0.422 e. The minimum Gasteiger partial charge on any atom is -0.422 e. The average Bonchev–Trinajstić information content (AvgIpc) is 2.09. The first kappa shape index (κ1) is 8.08. The maximum absolute atomic E-state index is 8.20. The van der Waals surface area contributed by atoms with Gasteiger partial charge in [0.2, 0.25) is 0 Å². The molecule has 0 heterocycles. The molecule has 4 heteroatoms. The Morgan fingerprint density at radius 1 is 0.833 bits per heavy atom. The van der Waals surface area contributed by atoms with E-state index in [4.69, 9.17) is 10.8 Å². The molecule has 0 saturated carbocycles. The second-order valence-electron chi connectivity index (χ2n) is 1.94. The van der Waals surface area contributed by atoms with Gasteiger partial charge in [-0.3, -0.25) is 0 Å². The van der Waals surface area contributed by atoms with Gasteiger partial charge in [0.15, 0.2) is 0 Å². The van der Waals surface area contributed by atoms with Crippen molar-refractivity contribution < 1.29 is 0 Å². The Morgan fingerprint density at radius 2 is 1.17 bits per heavy atom. The maximum Gasteiger partial charge on any atom is -0.0356 e. The highest BCUT2D eigenvalue weighted by atomic mass is 14.7. The molecular formula is C8H4N4-2. The lowest BCUT2D eigenvalue weighted by atomic mass is 10.3. The molecule has 1 aromatic rings. The van der Waals surface area contributed by atoms with E-state index in [0.717, 1.165) is 0 Å². The molecule has 0 fully saturated rings. The van der Waals surface area contributed by atoms with E-state index in [-0.39, 0.29) is 0 Å². The van der Waals surface area contributed by atoms with Crippen LogP contribution in [-0.4, -0.2) is 12.0 Å². The molecule has 1 rings (SSSR count). The summed E-state index contributed by atoms with van der Waals surface area (Å²) in [5, 5.41) is 16.4. The van der Waals surface area contributed by atoms with E-state index in [0.29, 0.717) is 11.4 Å². The highest BCUT2D eigenvalue weighted by Crippen LogP contribution is 2.17. The Morgan fingerprint density at radius 3 is 1.42 bits per heavy atom. The fourth-order valence-electron chi connectivity index (χ4n) is 0.717. The number of benzene rings is 1. The predicted molar refractivity (Wildman–Crippen MR) is 47.4 cm³/mol. The van der Waals surface area contributed by atoms with Crippen LogP contribution in [0.15, 0.2) is 34.3 Å². The Balaban J connectivity index is 2.99. The van der Waals surface area contributed by atoms with Crippen LogP contribution in [0.5, 0.6) is 0 Å². The van der Waals surface area contributed by atoms with Crippen LogP contribution in [0.25, 0.3) is 10.8 Å². The summed E-state index contributed by atoms with van der Waals surface area (Å²) in [7, 11) is 0. The van der Waals surface area contributed by atoms with Gasteiger partial charge in [0.05, 0.1) is 0 Å². The van der Waals surface area contributed by atoms with Crippen LogP contribution in [0, 0.1) is 0 Å². The first-order valence-electron chi connectivity index (χ1n) is 3.16. The van der Waals surface area contributed by atoms with Gasteiger partial charge in [0, 0.05) is 0 Å². The van der Waals surface area contributed by atoms with Crippen molar-refractivity contribution >= 4 is 23.4 Å². The van der Waals surface area contributed by atoms with Gasteiger partial charge >= 0.3 is 0 Å². The molecule has 0 aliphatic carbocycles. The minimum absolute atomic E-state index is 0.564. The Hall–Kier alpha value is -2.02. The number of hydrogen-bond acceptors (Lipinski definition) is 2. The standard InChI is InChI=1S/C8H4N4/c9-5-11-7-1-2-8(4-3-7)12-6-10/h1-4H/q-2. The molecule has 58 valence electrons. The maximum atomic E-state index is 8.20. The predicted octanol–water partition coefficient (Wildman–Crippen LogP) is 2.44. The third-order valence-electron chi connectivity index (χ3n) is 1.21. The van der Waals surface area contributed by atoms with Gasteiger partial charge in [-0.25, -0.2) is 0 Å². The van der Waals surface area contributed by atoms with Crippen molar-refractivity contribution in [2.45, 2.75) is 0 Å². The molecular weight excluding hydrogens is 152 g/mol. The molecule has 0 aromatic heterocycles. The molecule has 12 heavy (non-hydrogen) atoms. The monoisotopic (exact) mass is 156 g/mol. The fraction of sp³-hybridized carbons (Fsp3) is 0. The fourth-order valence-corrected chi connectivity index (χ4v) is 0.717. The number of aliphatic imine (C=N–C) groups is 2. The van der Waals surface area contributed by atoms with Crippen LogP contribution in [-0.2, 0) is 0 Å². The minimum atomic E-state index is 0.564. The molecule has 0 saturated heterocycles. The summed E-state index contributed by atoms with van der Waals surface area (Å²) in [4.78, 5) is 6.98. The summed E-state index contributed by atoms with van der Waals surface area (Å²) in [6.07, 6.45) is 0. The van der Waals surface area contributed by atoms with Crippen molar-refractivity contribution in [1.82, 2.24) is 0 Å². The molecule has 0 bridgehead atoms. The second kappa shape index (κ2) is 3.98. The van der Waals surface area contributed by atoms with Crippen LogP contribution in [0.1, 0.15) is 0 Å². The molecule has 0 aliphatic rings. The summed E-state index contributed by atoms with van der Waals surface area (Å²) in [6.45, 7) is 0. The molecule has 0 radical (unpaired) electrons. The van der Waals surface area contributed by atoms with Crippen molar-refractivity contribution in [2.24, 2.45) is 9.98 Å². The molecule has 0 amide bonds. The number of hydrogen-bond donors (Lipinski definition) is 0. The Labute approximate surface area is 69.3 Å². The van der Waals surface area contributed by atoms with Crippen molar-refractivity contribution in [3.63, 3.8) is 0 Å². The highest BCUT2D eigenvalue weighted by molar-refractivity contribution is 5.59. The van der Waals surface area contributed by atoms with Gasteiger partial charge < -0.3 is 20.8 Å². The van der Waals surface area contributed by atoms with Crippen molar-refractivity contribution in [3.8, 4) is 0 Å². The van der Waals surface area contributed by atoms with E-state index in [1.54, 1.807) is 36.3 Å². The van der Waals surface area contributed by atoms with E-state index >= 15 is 0 Å². The Bertz CT molecular complexity index is 316. The van der Waals surface area contributed by atoms with E-state index in [2.05, 4.69) is 9.98 Å². The molecule has 0 N–H and O–H groups in total. The van der Waals surface area contributed by atoms with Crippen molar-refractivity contribution in [1.29, 1.82) is 0 Å². The zero-order chi connectivity index (χ0) is 8.81. The third-order valence-corrected chi connectivity index (χ3v) is 1.21. The van der Waals surface area contributed by atoms with Gasteiger partial charge in [-0.05, 0) is 11.4 Å². The van der Waals surface area contributed by atoms with Gasteiger partial charge in [0.1, 0.15) is 0 Å². The molecule has 4 nitrogen and oxygen atoms in total. The molecule has 0 aliphatic heterocycles. The van der Waals surface area contributed by atoms with E-state index in [9.17, 15) is 0 Å². The summed E-state index contributed by atoms with van der Waals surface area (Å²) in [5.74, 6) is 0. The summed E-state index contributed by atoms with van der Waals surface area (Å²) in [6, 6.07) is 9.83. The van der Waals surface area contributed by atoms with Crippen molar-refractivity contribution in [2.75, 3.05) is 0 Å². The normalized spacial score (nSPS) is 8.00. The zero-order valence-electron chi connectivity index (χ0n) is 6.10. The van der Waals surface area contributed by atoms with Crippen LogP contribution in [0.2, 0.25) is 0 Å². The summed E-state index contributed by atoms with van der Waals surface area (Å²) in [5.41, 5.74) is 1.13. The van der Waals surface area contributed by atoms with Crippen LogP contribution in [0.3, 0.4) is 0 Å². The average molecular weight is 156 g/mol. The van der Waals surface area contributed by atoms with E-state index in [1.807, 2.05) is 0 Å². The first-order chi connectivity index (χ1) is 5.86. The Kier molecular flexibility index (Phi) is 2.68. The van der Waals surface area contributed by atoms with Gasteiger partial charge in [-0.2, -0.15) is 12.0 Å². The molecule has 0 spiro atoms. The van der Waals surface area contributed by atoms with Crippen LogP contribution in [0.4, 0.5) is 11.4 Å². The van der Waals surface area contributed by atoms with E-state index < -0.39 is 0 Å². The van der Waals surface area contributed by atoms with Gasteiger partial charge in [0.25, 0.3) is 0 Å². The first-order valence-corrected chi connectivity index (χ1v) is 3.16. The zero-order valence-corrected chi connectivity index (χ0v) is 6.10. The lowest BCUT2D eigenvalue weighted by molar-refractivity contribution is 1.50. The topological polar surface area (TPSA) is 69.3 Å². The molecule has 0 atom stereocenters. The smallest absolute Gasteiger partial charge is 0.0356 e. The quantitative estimate of drug-likeness (QED) is 0.590. The number of rotatable bonds is 2. The van der Waals surface area contributed by atoms with Gasteiger partial charge in [-0.15, -0.1) is 0 Å². The van der Waals surface area contributed by atoms with Gasteiger partial charge in [-0.1, -0.05) is 24.3 Å². The van der Waals surface area contributed by atoms with E-state index in [1.165, 1.54) is 0 Å². The van der Waals surface area contributed by atoms with Crippen LogP contribution >= 0.6 is 0 Å². The third kappa shape index (κ3) is 1.99. The lowest BCUT2D eigenvalue weighted by Gasteiger charge is -2.00. The SMILES string of the molecule is [N-]=C=Nc1ccc(N=C=[N-])cc1. The van der Waals surface area contributed by atoms with Crippen LogP contribution < -0.4 is 0 Å². The highest BCUT2D eigenvalue weighted by Gasteiger charge is 1.79. The number of nitrogens with zero attached hydrogens (tertiary/aromatic N) is 4. The van der Waals surface area contributed by atoms with Crippen molar-refractivity contribution in [3.05, 3.63) is 35.1 Å². The summed E-state index contributed by atoms with van der Waals surface area (Å²) < 4.78 is 0. The summed E-state index contributed by atoms with van der Waals surface area (Å²) >= 11 is 0. The second-order valence-corrected chi connectivity index (χ2v) is 1.94.